The number of hydrogen-bond donors (Lipinski definition) is 2. The highest BCUT2D eigenvalue weighted by atomic mass is 35.5. The second-order valence-electron chi connectivity index (χ2n) is 5.27. The van der Waals surface area contributed by atoms with Gasteiger partial charge >= 0.3 is 5.97 Å². The van der Waals surface area contributed by atoms with E-state index in [0.717, 1.165) is 0 Å². The third-order valence-corrected chi connectivity index (χ3v) is 3.91. The number of Topliss-reactive ketones (excluding diaryl/α,β-unsaturated/α-hetero) is 1. The Balaban J connectivity index is 2.36. The van der Waals surface area contributed by atoms with Crippen molar-refractivity contribution < 1.29 is 24.6 Å². The largest absolute Gasteiger partial charge is 0.503 e. The predicted molar refractivity (Wildman–Crippen MR) is 83.1 cm³/mol. The summed E-state index contributed by atoms with van der Waals surface area (Å²) >= 11 is 5.86. The standard InChI is InChI=1S/C16H16ClNO5/c1-9(19)13-14(10-4-6-11(17)7-5-10)18(16(23)15(13)22)8-2-3-12(20)21/h4-7,14,22H,2-3,8H2,1H3,(H,20,21)/t14-/m0/s1. The summed E-state index contributed by atoms with van der Waals surface area (Å²) in [5, 5.41) is 19.3. The van der Waals surface area contributed by atoms with E-state index in [0.29, 0.717) is 10.6 Å². The van der Waals surface area contributed by atoms with Crippen LogP contribution in [0.5, 0.6) is 0 Å². The average Bonchev–Trinajstić information content (AvgIpc) is 2.72. The number of ketones is 1. The molecule has 1 aliphatic rings. The first-order chi connectivity index (χ1) is 10.8. The highest BCUT2D eigenvalue weighted by molar-refractivity contribution is 6.30. The number of carboxylic acids is 1. The van der Waals surface area contributed by atoms with Gasteiger partial charge in [-0.05, 0) is 31.0 Å². The average molecular weight is 338 g/mol. The monoisotopic (exact) mass is 337 g/mol. The van der Waals surface area contributed by atoms with Crippen LogP contribution in [-0.2, 0) is 14.4 Å². The van der Waals surface area contributed by atoms with Crippen LogP contribution in [0.1, 0.15) is 31.4 Å². The van der Waals surface area contributed by atoms with Crippen molar-refractivity contribution in [1.82, 2.24) is 4.90 Å². The zero-order chi connectivity index (χ0) is 17.1. The molecule has 0 saturated heterocycles. The van der Waals surface area contributed by atoms with E-state index in [1.54, 1.807) is 24.3 Å². The zero-order valence-corrected chi connectivity index (χ0v) is 13.2. The van der Waals surface area contributed by atoms with Gasteiger partial charge in [0.2, 0.25) is 0 Å². The molecule has 1 atom stereocenters. The molecule has 0 aromatic heterocycles. The molecular formula is C16H16ClNO5. The normalized spacial score (nSPS) is 17.7. The summed E-state index contributed by atoms with van der Waals surface area (Å²) in [7, 11) is 0. The van der Waals surface area contributed by atoms with Crippen LogP contribution < -0.4 is 0 Å². The van der Waals surface area contributed by atoms with E-state index in [-0.39, 0.29) is 25.0 Å². The second kappa shape index (κ2) is 6.83. The van der Waals surface area contributed by atoms with E-state index in [1.807, 2.05) is 0 Å². The molecule has 0 spiro atoms. The van der Waals surface area contributed by atoms with E-state index in [4.69, 9.17) is 16.7 Å². The fourth-order valence-corrected chi connectivity index (χ4v) is 2.76. The second-order valence-corrected chi connectivity index (χ2v) is 5.70. The summed E-state index contributed by atoms with van der Waals surface area (Å²) < 4.78 is 0. The van der Waals surface area contributed by atoms with Crippen molar-refractivity contribution in [3.05, 3.63) is 46.2 Å². The molecule has 2 rings (SSSR count). The maximum absolute atomic E-state index is 12.2. The summed E-state index contributed by atoms with van der Waals surface area (Å²) in [6.07, 6.45) is 0.122. The van der Waals surface area contributed by atoms with Crippen LogP contribution in [0.2, 0.25) is 5.02 Å². The van der Waals surface area contributed by atoms with Crippen LogP contribution in [0.3, 0.4) is 0 Å². The van der Waals surface area contributed by atoms with Gasteiger partial charge in [0.15, 0.2) is 11.5 Å². The summed E-state index contributed by atoms with van der Waals surface area (Å²) in [6, 6.07) is 5.87. The molecule has 7 heteroatoms. The van der Waals surface area contributed by atoms with Crippen LogP contribution in [-0.4, -0.2) is 39.3 Å². The van der Waals surface area contributed by atoms with Crippen LogP contribution in [0.15, 0.2) is 35.6 Å². The molecule has 1 aromatic carbocycles. The Morgan fingerprint density at radius 2 is 1.87 bits per heavy atom. The Morgan fingerprint density at radius 1 is 1.26 bits per heavy atom. The summed E-state index contributed by atoms with van der Waals surface area (Å²) in [6.45, 7) is 1.40. The van der Waals surface area contributed by atoms with Crippen molar-refractivity contribution in [2.24, 2.45) is 0 Å². The molecule has 1 aliphatic heterocycles. The SMILES string of the molecule is CC(=O)C1=C(O)C(=O)N(CCCC(=O)O)[C@H]1c1ccc(Cl)cc1. The summed E-state index contributed by atoms with van der Waals surface area (Å²) in [5.41, 5.74) is 0.653. The molecule has 1 amide bonds. The Bertz CT molecular complexity index is 680. The van der Waals surface area contributed by atoms with Gasteiger partial charge in [-0.25, -0.2) is 0 Å². The lowest BCUT2D eigenvalue weighted by Crippen LogP contribution is -2.32. The third-order valence-electron chi connectivity index (χ3n) is 3.66. The van der Waals surface area contributed by atoms with Gasteiger partial charge in [-0.15, -0.1) is 0 Å². The van der Waals surface area contributed by atoms with Gasteiger partial charge in [0, 0.05) is 18.0 Å². The molecule has 1 aromatic rings. The number of hydrogen-bond acceptors (Lipinski definition) is 4. The molecule has 0 fully saturated rings. The number of carbonyl (C=O) groups is 3. The van der Waals surface area contributed by atoms with Crippen LogP contribution in [0.25, 0.3) is 0 Å². The number of benzene rings is 1. The van der Waals surface area contributed by atoms with Crippen molar-refractivity contribution in [3.63, 3.8) is 0 Å². The number of aliphatic hydroxyl groups is 1. The van der Waals surface area contributed by atoms with Gasteiger partial charge in [-0.2, -0.15) is 0 Å². The minimum Gasteiger partial charge on any atom is -0.503 e. The van der Waals surface area contributed by atoms with E-state index >= 15 is 0 Å². The molecule has 0 radical (unpaired) electrons. The lowest BCUT2D eigenvalue weighted by molar-refractivity contribution is -0.138. The van der Waals surface area contributed by atoms with Crippen LogP contribution in [0.4, 0.5) is 0 Å². The molecule has 0 unspecified atom stereocenters. The number of aliphatic carboxylic acids is 1. The Hall–Kier alpha value is -2.34. The molecule has 6 nitrogen and oxygen atoms in total. The predicted octanol–water partition coefficient (Wildman–Crippen LogP) is 2.49. The Morgan fingerprint density at radius 3 is 2.39 bits per heavy atom. The lowest BCUT2D eigenvalue weighted by Gasteiger charge is -2.26. The smallest absolute Gasteiger partial charge is 0.303 e. The number of halogens is 1. The highest BCUT2D eigenvalue weighted by Gasteiger charge is 2.41. The maximum atomic E-state index is 12.2. The van der Waals surface area contributed by atoms with Crippen molar-refractivity contribution in [2.75, 3.05) is 6.54 Å². The lowest BCUT2D eigenvalue weighted by atomic mass is 9.96. The summed E-state index contributed by atoms with van der Waals surface area (Å²) in [4.78, 5) is 36.1. The molecule has 1 heterocycles. The summed E-state index contributed by atoms with van der Waals surface area (Å²) in [5.74, 6) is -2.62. The Labute approximate surface area is 138 Å². The molecule has 2 N–H and O–H groups in total. The quantitative estimate of drug-likeness (QED) is 0.831. The number of carbonyl (C=O) groups excluding carboxylic acids is 2. The molecule has 0 bridgehead atoms. The molecule has 0 aliphatic carbocycles. The minimum atomic E-state index is -0.969. The van der Waals surface area contributed by atoms with Gasteiger partial charge in [-0.1, -0.05) is 23.7 Å². The van der Waals surface area contributed by atoms with Crippen molar-refractivity contribution >= 4 is 29.3 Å². The van der Waals surface area contributed by atoms with E-state index < -0.39 is 29.5 Å². The van der Waals surface area contributed by atoms with E-state index in [2.05, 4.69) is 0 Å². The third kappa shape index (κ3) is 3.53. The molecule has 23 heavy (non-hydrogen) atoms. The molecular weight excluding hydrogens is 322 g/mol. The number of amides is 1. The van der Waals surface area contributed by atoms with Gasteiger partial charge < -0.3 is 15.1 Å². The zero-order valence-electron chi connectivity index (χ0n) is 12.5. The van der Waals surface area contributed by atoms with Crippen LogP contribution in [0, 0.1) is 0 Å². The molecule has 0 saturated carbocycles. The molecule has 122 valence electrons. The Kier molecular flexibility index (Phi) is 5.05. The fourth-order valence-electron chi connectivity index (χ4n) is 2.64. The first-order valence-electron chi connectivity index (χ1n) is 7.05. The number of nitrogens with zero attached hydrogens (tertiary/aromatic N) is 1. The topological polar surface area (TPSA) is 94.9 Å². The first kappa shape index (κ1) is 17.0. The van der Waals surface area contributed by atoms with Crippen molar-refractivity contribution in [3.8, 4) is 0 Å². The van der Waals surface area contributed by atoms with Gasteiger partial charge in [0.1, 0.15) is 0 Å². The highest BCUT2D eigenvalue weighted by Crippen LogP contribution is 2.38. The number of rotatable bonds is 6. The van der Waals surface area contributed by atoms with Crippen LogP contribution >= 0.6 is 11.6 Å². The van der Waals surface area contributed by atoms with E-state index in [9.17, 15) is 19.5 Å². The minimum absolute atomic E-state index is 0.0210. The fraction of sp³-hybridized carbons (Fsp3) is 0.312. The van der Waals surface area contributed by atoms with Gasteiger partial charge in [0.25, 0.3) is 5.91 Å². The van der Waals surface area contributed by atoms with Crippen molar-refractivity contribution in [1.29, 1.82) is 0 Å². The van der Waals surface area contributed by atoms with Gasteiger partial charge in [0.05, 0.1) is 11.6 Å². The maximum Gasteiger partial charge on any atom is 0.303 e. The number of aliphatic hydroxyl groups excluding tert-OH is 1. The van der Waals surface area contributed by atoms with Crippen molar-refractivity contribution in [2.45, 2.75) is 25.8 Å². The van der Waals surface area contributed by atoms with Gasteiger partial charge in [-0.3, -0.25) is 14.4 Å². The number of carboxylic acid groups (broad SMARTS) is 1. The first-order valence-corrected chi connectivity index (χ1v) is 7.43. The van der Waals surface area contributed by atoms with E-state index in [1.165, 1.54) is 11.8 Å².